The van der Waals surface area contributed by atoms with Crippen molar-refractivity contribution in [2.75, 3.05) is 6.61 Å². The molecule has 0 unspecified atom stereocenters. The van der Waals surface area contributed by atoms with Crippen LogP contribution >= 0.6 is 15.9 Å². The number of unbranched alkanes of at least 4 members (excludes halogenated alkanes) is 5. The van der Waals surface area contributed by atoms with Crippen LogP contribution < -0.4 is 4.74 Å². The first-order chi connectivity index (χ1) is 8.25. The van der Waals surface area contributed by atoms with Crippen molar-refractivity contribution in [2.45, 2.75) is 45.4 Å². The molecule has 1 rings (SSSR count). The van der Waals surface area contributed by atoms with Crippen molar-refractivity contribution >= 4 is 15.9 Å². The van der Waals surface area contributed by atoms with Gasteiger partial charge < -0.3 is 4.74 Å². The number of para-hydroxylation sites is 1. The molecule has 3 heteroatoms. The summed E-state index contributed by atoms with van der Waals surface area (Å²) in [5.74, 6) is 0.0337. The second kappa shape index (κ2) is 8.51. The molecule has 0 atom stereocenters. The van der Waals surface area contributed by atoms with E-state index in [9.17, 15) is 4.39 Å². The Morgan fingerprint density at radius 2 is 1.82 bits per heavy atom. The molecule has 0 bridgehead atoms. The van der Waals surface area contributed by atoms with Crippen LogP contribution in [-0.2, 0) is 0 Å². The van der Waals surface area contributed by atoms with Gasteiger partial charge in [-0.15, -0.1) is 0 Å². The van der Waals surface area contributed by atoms with E-state index in [4.69, 9.17) is 4.74 Å². The Hall–Kier alpha value is -0.570. The lowest BCUT2D eigenvalue weighted by Crippen LogP contribution is -2.00. The topological polar surface area (TPSA) is 9.23 Å². The molecule has 1 aromatic carbocycles. The maximum absolute atomic E-state index is 13.4. The zero-order valence-corrected chi connectivity index (χ0v) is 11.9. The molecule has 0 aliphatic rings. The Kier molecular flexibility index (Phi) is 7.25. The molecule has 0 radical (unpaired) electrons. The van der Waals surface area contributed by atoms with Gasteiger partial charge in [-0.05, 0) is 34.5 Å². The van der Waals surface area contributed by atoms with Crippen LogP contribution in [0.5, 0.6) is 5.75 Å². The molecule has 0 aliphatic heterocycles. The van der Waals surface area contributed by atoms with Crippen molar-refractivity contribution in [1.29, 1.82) is 0 Å². The van der Waals surface area contributed by atoms with Crippen molar-refractivity contribution in [3.8, 4) is 5.75 Å². The van der Waals surface area contributed by atoms with Crippen molar-refractivity contribution in [1.82, 2.24) is 0 Å². The van der Waals surface area contributed by atoms with Crippen molar-refractivity contribution in [3.05, 3.63) is 28.5 Å². The van der Waals surface area contributed by atoms with Gasteiger partial charge in [0.25, 0.3) is 0 Å². The highest BCUT2D eigenvalue weighted by Crippen LogP contribution is 2.27. The van der Waals surface area contributed by atoms with Crippen LogP contribution in [0, 0.1) is 5.82 Å². The van der Waals surface area contributed by atoms with Crippen LogP contribution in [0.4, 0.5) is 4.39 Å². The van der Waals surface area contributed by atoms with Gasteiger partial charge in [-0.25, -0.2) is 4.39 Å². The quantitative estimate of drug-likeness (QED) is 0.590. The second-order valence-electron chi connectivity index (χ2n) is 4.17. The molecule has 0 heterocycles. The van der Waals surface area contributed by atoms with Gasteiger partial charge in [0.1, 0.15) is 0 Å². The number of benzene rings is 1. The molecule has 1 aromatic rings. The SMILES string of the molecule is CCCCCCCCOc1c(F)cccc1Br. The standard InChI is InChI=1S/C14H20BrFO/c1-2-3-4-5-6-7-11-17-14-12(15)9-8-10-13(14)16/h8-10H,2-7,11H2,1H3. The highest BCUT2D eigenvalue weighted by molar-refractivity contribution is 9.10. The first-order valence-corrected chi connectivity index (χ1v) is 7.11. The van der Waals surface area contributed by atoms with Gasteiger partial charge in [0.15, 0.2) is 11.6 Å². The maximum atomic E-state index is 13.4. The summed E-state index contributed by atoms with van der Waals surface area (Å²) < 4.78 is 19.5. The summed E-state index contributed by atoms with van der Waals surface area (Å²) in [4.78, 5) is 0. The van der Waals surface area contributed by atoms with Gasteiger partial charge >= 0.3 is 0 Å². The Morgan fingerprint density at radius 3 is 2.53 bits per heavy atom. The minimum atomic E-state index is -0.301. The highest BCUT2D eigenvalue weighted by atomic mass is 79.9. The molecule has 17 heavy (non-hydrogen) atoms. The second-order valence-corrected chi connectivity index (χ2v) is 5.02. The fourth-order valence-electron chi connectivity index (χ4n) is 1.68. The van der Waals surface area contributed by atoms with Gasteiger partial charge in [0.05, 0.1) is 11.1 Å². The van der Waals surface area contributed by atoms with Gasteiger partial charge in [-0.2, -0.15) is 0 Å². The van der Waals surface area contributed by atoms with Crippen LogP contribution in [0.15, 0.2) is 22.7 Å². The molecule has 1 nitrogen and oxygen atoms in total. The van der Waals surface area contributed by atoms with Gasteiger partial charge in [-0.3, -0.25) is 0 Å². The average molecular weight is 303 g/mol. The molecule has 0 spiro atoms. The number of hydrogen-bond acceptors (Lipinski definition) is 1. The molecule has 0 N–H and O–H groups in total. The minimum Gasteiger partial charge on any atom is -0.489 e. The van der Waals surface area contributed by atoms with E-state index in [0.717, 1.165) is 12.8 Å². The van der Waals surface area contributed by atoms with Gasteiger partial charge in [-0.1, -0.05) is 45.1 Å². The predicted molar refractivity (Wildman–Crippen MR) is 73.0 cm³/mol. The lowest BCUT2D eigenvalue weighted by atomic mass is 10.1. The molecular formula is C14H20BrFO. The smallest absolute Gasteiger partial charge is 0.169 e. The number of rotatable bonds is 8. The summed E-state index contributed by atoms with van der Waals surface area (Å²) in [5, 5.41) is 0. The van der Waals surface area contributed by atoms with Crippen LogP contribution in [0.25, 0.3) is 0 Å². The summed E-state index contributed by atoms with van der Waals surface area (Å²) in [6.07, 6.45) is 7.25. The zero-order valence-electron chi connectivity index (χ0n) is 10.3. The molecule has 0 saturated carbocycles. The number of hydrogen-bond donors (Lipinski definition) is 0. The lowest BCUT2D eigenvalue weighted by molar-refractivity contribution is 0.288. The van der Waals surface area contributed by atoms with E-state index < -0.39 is 0 Å². The van der Waals surface area contributed by atoms with Crippen LogP contribution in [0.3, 0.4) is 0 Å². The average Bonchev–Trinajstić information content (AvgIpc) is 2.31. The van der Waals surface area contributed by atoms with Gasteiger partial charge in [0, 0.05) is 0 Å². The molecule has 96 valence electrons. The third-order valence-electron chi connectivity index (χ3n) is 2.66. The van der Waals surface area contributed by atoms with Crippen LogP contribution in [-0.4, -0.2) is 6.61 Å². The Labute approximate surface area is 111 Å². The van der Waals surface area contributed by atoms with Crippen LogP contribution in [0.1, 0.15) is 45.4 Å². The van der Waals surface area contributed by atoms with E-state index in [-0.39, 0.29) is 5.82 Å². The third-order valence-corrected chi connectivity index (χ3v) is 3.29. The molecule has 0 aliphatic carbocycles. The fourth-order valence-corrected chi connectivity index (χ4v) is 2.13. The monoisotopic (exact) mass is 302 g/mol. The summed E-state index contributed by atoms with van der Waals surface area (Å²) in [6.45, 7) is 2.80. The summed E-state index contributed by atoms with van der Waals surface area (Å²) in [6, 6.07) is 4.87. The highest BCUT2D eigenvalue weighted by Gasteiger charge is 2.06. The normalized spacial score (nSPS) is 10.5. The molecular weight excluding hydrogens is 283 g/mol. The fraction of sp³-hybridized carbons (Fsp3) is 0.571. The van der Waals surface area contributed by atoms with E-state index in [0.29, 0.717) is 16.8 Å². The van der Waals surface area contributed by atoms with Crippen LogP contribution in [0.2, 0.25) is 0 Å². The Bertz CT molecular complexity index is 308. The summed E-state index contributed by atoms with van der Waals surface area (Å²) in [5.41, 5.74) is 0. The van der Waals surface area contributed by atoms with E-state index in [2.05, 4.69) is 22.9 Å². The molecule has 0 amide bonds. The van der Waals surface area contributed by atoms with E-state index in [1.54, 1.807) is 12.1 Å². The van der Waals surface area contributed by atoms with Gasteiger partial charge in [0.2, 0.25) is 0 Å². The van der Waals surface area contributed by atoms with Crippen molar-refractivity contribution in [2.24, 2.45) is 0 Å². The minimum absolute atomic E-state index is 0.301. The molecule has 0 aromatic heterocycles. The summed E-state index contributed by atoms with van der Waals surface area (Å²) in [7, 11) is 0. The molecule has 0 saturated heterocycles. The molecule has 0 fully saturated rings. The summed E-state index contributed by atoms with van der Waals surface area (Å²) >= 11 is 3.29. The first kappa shape index (κ1) is 14.5. The largest absolute Gasteiger partial charge is 0.489 e. The van der Waals surface area contributed by atoms with E-state index in [1.165, 1.54) is 31.7 Å². The first-order valence-electron chi connectivity index (χ1n) is 6.32. The number of halogens is 2. The van der Waals surface area contributed by atoms with E-state index in [1.807, 2.05) is 0 Å². The lowest BCUT2D eigenvalue weighted by Gasteiger charge is -2.08. The number of ether oxygens (including phenoxy) is 1. The Morgan fingerprint density at radius 1 is 1.12 bits per heavy atom. The van der Waals surface area contributed by atoms with E-state index >= 15 is 0 Å². The Balaban J connectivity index is 2.18. The maximum Gasteiger partial charge on any atom is 0.169 e. The third kappa shape index (κ3) is 5.53. The van der Waals surface area contributed by atoms with Crippen molar-refractivity contribution in [3.63, 3.8) is 0 Å². The van der Waals surface area contributed by atoms with Crippen molar-refractivity contribution < 1.29 is 9.13 Å². The zero-order chi connectivity index (χ0) is 12.5. The predicted octanol–water partition coefficient (Wildman–Crippen LogP) is 5.33.